The number of esters is 1. The number of unbranched alkanes of at least 4 members (excludes halogenated alkanes) is 1. The summed E-state index contributed by atoms with van der Waals surface area (Å²) < 4.78 is 10.6. The topological polar surface area (TPSA) is 63.2 Å². The largest absolute Gasteiger partial charge is 0.469 e. The molecule has 6 nitrogen and oxygen atoms in total. The zero-order chi connectivity index (χ0) is 19.3. The molecule has 1 N–H and O–H groups in total. The van der Waals surface area contributed by atoms with Crippen molar-refractivity contribution in [2.45, 2.75) is 32.1 Å². The fourth-order valence-corrected chi connectivity index (χ4v) is 3.29. The summed E-state index contributed by atoms with van der Waals surface area (Å²) in [4.78, 5) is 18.2. The van der Waals surface area contributed by atoms with E-state index >= 15 is 0 Å². The minimum atomic E-state index is -0.0927. The quantitative estimate of drug-likeness (QED) is 0.185. The number of halogens is 1. The van der Waals surface area contributed by atoms with Gasteiger partial charge in [0.25, 0.3) is 0 Å². The summed E-state index contributed by atoms with van der Waals surface area (Å²) in [6, 6.07) is 10.4. The second-order valence-corrected chi connectivity index (χ2v) is 6.81. The Balaban J connectivity index is 0.00000392. The molecule has 7 heteroatoms. The second kappa shape index (κ2) is 14.6. The number of aliphatic imine (C=N–C) groups is 1. The molecule has 0 aromatic heterocycles. The molecule has 1 aromatic rings. The maximum atomic E-state index is 11.6. The van der Waals surface area contributed by atoms with Gasteiger partial charge in [-0.1, -0.05) is 30.3 Å². The summed E-state index contributed by atoms with van der Waals surface area (Å²) in [6.07, 6.45) is 4.69. The van der Waals surface area contributed by atoms with Crippen LogP contribution in [0.4, 0.5) is 0 Å². The summed E-state index contributed by atoms with van der Waals surface area (Å²) in [7, 11) is 3.27. The predicted octanol–water partition coefficient (Wildman–Crippen LogP) is 3.10. The first-order chi connectivity index (χ1) is 13.2. The molecule has 0 amide bonds. The molecular formula is C21H34IN3O3. The Labute approximate surface area is 186 Å². The Morgan fingerprint density at radius 1 is 1.18 bits per heavy atom. The van der Waals surface area contributed by atoms with Crippen molar-refractivity contribution in [3.05, 3.63) is 35.9 Å². The molecule has 1 aromatic carbocycles. The van der Waals surface area contributed by atoms with Gasteiger partial charge in [0.1, 0.15) is 0 Å². The molecule has 1 heterocycles. The van der Waals surface area contributed by atoms with Crippen molar-refractivity contribution in [1.82, 2.24) is 10.2 Å². The Bertz CT molecular complexity index is 576. The van der Waals surface area contributed by atoms with Gasteiger partial charge in [0.15, 0.2) is 5.96 Å². The number of methoxy groups -OCH3 is 1. The number of benzene rings is 1. The van der Waals surface area contributed by atoms with E-state index in [-0.39, 0.29) is 35.9 Å². The fraction of sp³-hybridized carbons (Fsp3) is 0.619. The number of ether oxygens (including phenoxy) is 2. The van der Waals surface area contributed by atoms with Gasteiger partial charge in [-0.3, -0.25) is 9.79 Å². The van der Waals surface area contributed by atoms with Crippen molar-refractivity contribution in [1.29, 1.82) is 0 Å². The van der Waals surface area contributed by atoms with Crippen LogP contribution in [0.2, 0.25) is 0 Å². The van der Waals surface area contributed by atoms with Crippen LogP contribution in [0.1, 0.15) is 31.2 Å². The highest BCUT2D eigenvalue weighted by molar-refractivity contribution is 14.0. The average Bonchev–Trinajstić information content (AvgIpc) is 2.73. The first-order valence-corrected chi connectivity index (χ1v) is 9.89. The lowest BCUT2D eigenvalue weighted by Crippen LogP contribution is -2.46. The molecule has 1 saturated heterocycles. The number of hydrogen-bond acceptors (Lipinski definition) is 4. The summed E-state index contributed by atoms with van der Waals surface area (Å²) >= 11 is 0. The zero-order valence-corrected chi connectivity index (χ0v) is 19.4. The molecule has 0 spiro atoms. The highest BCUT2D eigenvalue weighted by atomic mass is 127. The molecule has 0 atom stereocenters. The van der Waals surface area contributed by atoms with Gasteiger partial charge < -0.3 is 19.7 Å². The number of nitrogens with zero attached hydrogens (tertiary/aromatic N) is 2. The number of carbonyl (C=O) groups excluding carboxylic acids is 1. The summed E-state index contributed by atoms with van der Waals surface area (Å²) in [5.74, 6) is 0.852. The number of carbonyl (C=O) groups is 1. The van der Waals surface area contributed by atoms with Gasteiger partial charge in [-0.05, 0) is 37.7 Å². The number of piperidine rings is 1. The molecule has 158 valence electrons. The fourth-order valence-electron chi connectivity index (χ4n) is 3.29. The maximum Gasteiger partial charge on any atom is 0.308 e. The number of nitrogens with one attached hydrogen (secondary N) is 1. The van der Waals surface area contributed by atoms with Crippen molar-refractivity contribution < 1.29 is 14.3 Å². The van der Waals surface area contributed by atoms with Crippen LogP contribution in [0.5, 0.6) is 0 Å². The third-order valence-electron chi connectivity index (χ3n) is 4.92. The van der Waals surface area contributed by atoms with E-state index in [0.717, 1.165) is 70.9 Å². The van der Waals surface area contributed by atoms with Gasteiger partial charge in [0, 0.05) is 33.3 Å². The average molecular weight is 503 g/mol. The summed E-state index contributed by atoms with van der Waals surface area (Å²) in [5.41, 5.74) is 1.32. The molecule has 1 aliphatic rings. The highest BCUT2D eigenvalue weighted by Gasteiger charge is 2.26. The Hall–Kier alpha value is -1.35. The van der Waals surface area contributed by atoms with E-state index in [1.165, 1.54) is 12.7 Å². The molecule has 0 bridgehead atoms. The lowest BCUT2D eigenvalue weighted by Gasteiger charge is -2.33. The number of hydrogen-bond donors (Lipinski definition) is 1. The van der Waals surface area contributed by atoms with Gasteiger partial charge in [0.05, 0.1) is 19.6 Å². The molecule has 28 heavy (non-hydrogen) atoms. The van der Waals surface area contributed by atoms with E-state index in [0.29, 0.717) is 0 Å². The van der Waals surface area contributed by atoms with Crippen molar-refractivity contribution in [2.75, 3.05) is 47.0 Å². The zero-order valence-electron chi connectivity index (χ0n) is 17.1. The van der Waals surface area contributed by atoms with E-state index in [4.69, 9.17) is 9.47 Å². The van der Waals surface area contributed by atoms with Crippen LogP contribution >= 0.6 is 24.0 Å². The van der Waals surface area contributed by atoms with E-state index in [1.54, 1.807) is 7.05 Å². The van der Waals surface area contributed by atoms with Gasteiger partial charge >= 0.3 is 5.97 Å². The summed E-state index contributed by atoms with van der Waals surface area (Å²) in [6.45, 7) is 4.11. The molecule has 2 rings (SSSR count). The number of rotatable bonds is 9. The molecule has 0 aliphatic carbocycles. The molecule has 0 unspecified atom stereocenters. The maximum absolute atomic E-state index is 11.6. The lowest BCUT2D eigenvalue weighted by atomic mass is 9.97. The van der Waals surface area contributed by atoms with Crippen LogP contribution in [-0.4, -0.2) is 63.8 Å². The van der Waals surface area contributed by atoms with Crippen LogP contribution in [0.25, 0.3) is 0 Å². The van der Waals surface area contributed by atoms with Gasteiger partial charge in [-0.2, -0.15) is 0 Å². The van der Waals surface area contributed by atoms with E-state index in [9.17, 15) is 4.79 Å². The molecule has 0 saturated carbocycles. The first kappa shape index (κ1) is 24.7. The van der Waals surface area contributed by atoms with Crippen molar-refractivity contribution >= 4 is 35.9 Å². The van der Waals surface area contributed by atoms with Crippen molar-refractivity contribution in [3.63, 3.8) is 0 Å². The van der Waals surface area contributed by atoms with Crippen LogP contribution in [0.15, 0.2) is 35.3 Å². The third-order valence-corrected chi connectivity index (χ3v) is 4.92. The van der Waals surface area contributed by atoms with Gasteiger partial charge in [0.2, 0.25) is 0 Å². The van der Waals surface area contributed by atoms with Crippen LogP contribution in [0.3, 0.4) is 0 Å². The molecule has 0 radical (unpaired) electrons. The lowest BCUT2D eigenvalue weighted by molar-refractivity contribution is -0.146. The highest BCUT2D eigenvalue weighted by Crippen LogP contribution is 2.18. The van der Waals surface area contributed by atoms with Gasteiger partial charge in [-0.25, -0.2) is 0 Å². The van der Waals surface area contributed by atoms with Crippen molar-refractivity contribution in [2.24, 2.45) is 10.9 Å². The normalized spacial score (nSPS) is 15.1. The first-order valence-electron chi connectivity index (χ1n) is 9.89. The Morgan fingerprint density at radius 3 is 2.54 bits per heavy atom. The third kappa shape index (κ3) is 8.77. The van der Waals surface area contributed by atoms with Crippen molar-refractivity contribution in [3.8, 4) is 0 Å². The summed E-state index contributed by atoms with van der Waals surface area (Å²) in [5, 5.41) is 3.42. The van der Waals surface area contributed by atoms with Crippen LogP contribution in [-0.2, 0) is 20.7 Å². The number of likely N-dealkylation sites (tertiary alicyclic amines) is 1. The predicted molar refractivity (Wildman–Crippen MR) is 123 cm³/mol. The number of guanidine groups is 1. The van der Waals surface area contributed by atoms with Crippen LogP contribution < -0.4 is 5.32 Å². The minimum absolute atomic E-state index is 0. The minimum Gasteiger partial charge on any atom is -0.469 e. The van der Waals surface area contributed by atoms with Crippen LogP contribution in [0, 0.1) is 5.92 Å². The molecular weight excluding hydrogens is 469 g/mol. The monoisotopic (exact) mass is 503 g/mol. The Morgan fingerprint density at radius 2 is 1.89 bits per heavy atom. The van der Waals surface area contributed by atoms with Gasteiger partial charge in [-0.15, -0.1) is 24.0 Å². The second-order valence-electron chi connectivity index (χ2n) is 6.81. The smallest absolute Gasteiger partial charge is 0.308 e. The standard InChI is InChI=1S/C21H33N3O3.HI/c1-22-21(24-14-10-19(11-15-24)20(25)26-2)23-13-6-7-16-27-17-12-18-8-4-3-5-9-18;/h3-5,8-9,19H,6-7,10-17H2,1-2H3,(H,22,23);1H. The van der Waals surface area contributed by atoms with E-state index in [1.807, 2.05) is 6.07 Å². The Kier molecular flexibility index (Phi) is 12.9. The molecule has 1 aliphatic heterocycles. The SMILES string of the molecule is CN=C(NCCCCOCCc1ccccc1)N1CCC(C(=O)OC)CC1.I. The molecule has 1 fully saturated rings. The van der Waals surface area contributed by atoms with E-state index < -0.39 is 0 Å². The van der Waals surface area contributed by atoms with E-state index in [2.05, 4.69) is 39.5 Å².